The van der Waals surface area contributed by atoms with Crippen molar-refractivity contribution >= 4 is 32.8 Å². The monoisotopic (exact) mass is 350 g/mol. The molecule has 0 aliphatic carbocycles. The molecule has 1 aromatic heterocycles. The van der Waals surface area contributed by atoms with Crippen LogP contribution >= 0.6 is 15.9 Å². The van der Waals surface area contributed by atoms with E-state index in [0.29, 0.717) is 12.5 Å². The first-order chi connectivity index (χ1) is 10.3. The molecule has 5 nitrogen and oxygen atoms in total. The third kappa shape index (κ3) is 3.22. The van der Waals surface area contributed by atoms with E-state index in [-0.39, 0.29) is 0 Å². The van der Waals surface area contributed by atoms with Crippen molar-refractivity contribution < 1.29 is 4.74 Å². The van der Waals surface area contributed by atoms with Crippen molar-refractivity contribution in [3.8, 4) is 0 Å². The molecule has 0 atom stereocenters. The fourth-order valence-corrected chi connectivity index (χ4v) is 3.21. The van der Waals surface area contributed by atoms with Crippen LogP contribution in [0.4, 0.5) is 0 Å². The molecule has 0 saturated carbocycles. The number of aromatic nitrogens is 1. The molecular weight excluding hydrogens is 332 g/mol. The molecule has 1 saturated heterocycles. The number of nitrogens with two attached hydrogens (primary N) is 1. The lowest BCUT2D eigenvalue weighted by atomic mass is 10.1. The predicted octanol–water partition coefficient (Wildman–Crippen LogP) is 2.12. The summed E-state index contributed by atoms with van der Waals surface area (Å²) in [4.78, 5) is 9.87. The van der Waals surface area contributed by atoms with Crippen LogP contribution in [-0.2, 0) is 11.2 Å². The number of guanidine groups is 1. The van der Waals surface area contributed by atoms with Crippen LogP contribution in [0.2, 0.25) is 0 Å². The standard InChI is InChI=1S/C15H19BrN4O/c16-12-2-1-3-13-14(12)11(10-19-13)4-5-18-15(17)20-6-8-21-9-7-20/h1-3,10,19H,4-9H2,(H2,17,18). The Hall–Kier alpha value is -1.53. The van der Waals surface area contributed by atoms with Crippen molar-refractivity contribution in [2.75, 3.05) is 32.8 Å². The highest BCUT2D eigenvalue weighted by Crippen LogP contribution is 2.27. The van der Waals surface area contributed by atoms with E-state index in [1.807, 2.05) is 6.07 Å². The molecule has 2 heterocycles. The van der Waals surface area contributed by atoms with E-state index in [2.05, 4.69) is 49.1 Å². The van der Waals surface area contributed by atoms with Gasteiger partial charge in [-0.25, -0.2) is 0 Å². The number of morpholine rings is 1. The molecule has 2 aromatic rings. The van der Waals surface area contributed by atoms with Crippen LogP contribution in [0.25, 0.3) is 10.9 Å². The Morgan fingerprint density at radius 1 is 1.38 bits per heavy atom. The summed E-state index contributed by atoms with van der Waals surface area (Å²) in [6.07, 6.45) is 2.92. The second-order valence-electron chi connectivity index (χ2n) is 5.07. The number of fused-ring (bicyclic) bond motifs is 1. The zero-order chi connectivity index (χ0) is 14.7. The van der Waals surface area contributed by atoms with E-state index < -0.39 is 0 Å². The van der Waals surface area contributed by atoms with Gasteiger partial charge < -0.3 is 20.4 Å². The molecule has 1 aliphatic heterocycles. The summed E-state index contributed by atoms with van der Waals surface area (Å²) < 4.78 is 6.43. The van der Waals surface area contributed by atoms with E-state index in [4.69, 9.17) is 10.5 Å². The third-order valence-electron chi connectivity index (χ3n) is 3.73. The Balaban J connectivity index is 1.66. The SMILES string of the molecule is NC(=NCCc1c[nH]c2cccc(Br)c12)N1CCOCC1. The third-order valence-corrected chi connectivity index (χ3v) is 4.39. The highest BCUT2D eigenvalue weighted by atomic mass is 79.9. The maximum Gasteiger partial charge on any atom is 0.191 e. The molecule has 3 rings (SSSR count). The van der Waals surface area contributed by atoms with Gasteiger partial charge >= 0.3 is 0 Å². The average Bonchev–Trinajstić information content (AvgIpc) is 2.93. The van der Waals surface area contributed by atoms with Gasteiger partial charge in [0.2, 0.25) is 0 Å². The number of hydrogen-bond acceptors (Lipinski definition) is 2. The van der Waals surface area contributed by atoms with E-state index in [1.165, 1.54) is 10.9 Å². The lowest BCUT2D eigenvalue weighted by molar-refractivity contribution is 0.0674. The summed E-state index contributed by atoms with van der Waals surface area (Å²) >= 11 is 3.61. The second-order valence-corrected chi connectivity index (χ2v) is 5.92. The highest BCUT2D eigenvalue weighted by Gasteiger charge is 2.12. The fraction of sp³-hybridized carbons (Fsp3) is 0.400. The number of nitrogens with one attached hydrogen (secondary N) is 1. The van der Waals surface area contributed by atoms with E-state index in [1.54, 1.807) is 0 Å². The van der Waals surface area contributed by atoms with Gasteiger partial charge in [0.25, 0.3) is 0 Å². The van der Waals surface area contributed by atoms with Gasteiger partial charge in [-0.3, -0.25) is 4.99 Å². The quantitative estimate of drug-likeness (QED) is 0.658. The van der Waals surface area contributed by atoms with Crippen molar-refractivity contribution in [1.82, 2.24) is 9.88 Å². The molecule has 21 heavy (non-hydrogen) atoms. The molecule has 6 heteroatoms. The molecule has 1 fully saturated rings. The Kier molecular flexibility index (Phi) is 4.45. The molecule has 1 aliphatic rings. The lowest BCUT2D eigenvalue weighted by Crippen LogP contribution is -2.44. The Morgan fingerprint density at radius 2 is 2.19 bits per heavy atom. The minimum absolute atomic E-state index is 0.622. The van der Waals surface area contributed by atoms with Crippen LogP contribution in [0.3, 0.4) is 0 Å². The Morgan fingerprint density at radius 3 is 3.00 bits per heavy atom. The first kappa shape index (κ1) is 14.4. The van der Waals surface area contributed by atoms with E-state index in [0.717, 1.165) is 42.7 Å². The van der Waals surface area contributed by atoms with Gasteiger partial charge in [-0.05, 0) is 24.1 Å². The normalized spacial score (nSPS) is 16.6. The van der Waals surface area contributed by atoms with Gasteiger partial charge in [0, 0.05) is 41.2 Å². The number of benzene rings is 1. The van der Waals surface area contributed by atoms with E-state index in [9.17, 15) is 0 Å². The van der Waals surface area contributed by atoms with Gasteiger partial charge in [-0.1, -0.05) is 22.0 Å². The highest BCUT2D eigenvalue weighted by molar-refractivity contribution is 9.10. The molecule has 0 unspecified atom stereocenters. The molecule has 0 spiro atoms. The average molecular weight is 351 g/mol. The van der Waals surface area contributed by atoms with Crippen molar-refractivity contribution in [2.24, 2.45) is 10.7 Å². The molecule has 1 aromatic carbocycles. The minimum Gasteiger partial charge on any atom is -0.378 e. The van der Waals surface area contributed by atoms with Crippen LogP contribution in [0, 0.1) is 0 Å². The Labute approximate surface area is 132 Å². The summed E-state index contributed by atoms with van der Waals surface area (Å²) in [5.74, 6) is 0.622. The van der Waals surface area contributed by atoms with E-state index >= 15 is 0 Å². The summed E-state index contributed by atoms with van der Waals surface area (Å²) in [7, 11) is 0. The maximum atomic E-state index is 6.03. The molecule has 0 amide bonds. The van der Waals surface area contributed by atoms with Crippen molar-refractivity contribution in [3.63, 3.8) is 0 Å². The number of aliphatic imine (C=N–C) groups is 1. The van der Waals surface area contributed by atoms with Gasteiger partial charge in [0.15, 0.2) is 5.96 Å². The van der Waals surface area contributed by atoms with Crippen molar-refractivity contribution in [1.29, 1.82) is 0 Å². The largest absolute Gasteiger partial charge is 0.378 e. The first-order valence-electron chi connectivity index (χ1n) is 7.13. The van der Waals surface area contributed by atoms with Crippen LogP contribution in [-0.4, -0.2) is 48.7 Å². The number of aromatic amines is 1. The molecule has 0 bridgehead atoms. The lowest BCUT2D eigenvalue weighted by Gasteiger charge is -2.27. The van der Waals surface area contributed by atoms with Crippen molar-refractivity contribution in [2.45, 2.75) is 6.42 Å². The maximum absolute atomic E-state index is 6.03. The fourth-order valence-electron chi connectivity index (χ4n) is 2.59. The number of ether oxygens (including phenoxy) is 1. The molecular formula is C15H19BrN4O. The van der Waals surface area contributed by atoms with Crippen LogP contribution in [0.5, 0.6) is 0 Å². The number of rotatable bonds is 3. The molecule has 3 N–H and O–H groups in total. The minimum atomic E-state index is 0.622. The summed E-state index contributed by atoms with van der Waals surface area (Å²) in [5, 5.41) is 1.23. The summed E-state index contributed by atoms with van der Waals surface area (Å²) in [6, 6.07) is 6.17. The number of hydrogen-bond donors (Lipinski definition) is 2. The zero-order valence-corrected chi connectivity index (χ0v) is 13.4. The zero-order valence-electron chi connectivity index (χ0n) is 11.8. The predicted molar refractivity (Wildman–Crippen MR) is 88.6 cm³/mol. The number of nitrogens with zero attached hydrogens (tertiary/aromatic N) is 2. The molecule has 112 valence electrons. The van der Waals surface area contributed by atoms with Crippen LogP contribution in [0.1, 0.15) is 5.56 Å². The summed E-state index contributed by atoms with van der Waals surface area (Å²) in [5.41, 5.74) is 8.44. The summed E-state index contributed by atoms with van der Waals surface area (Å²) in [6.45, 7) is 3.80. The van der Waals surface area contributed by atoms with Gasteiger partial charge in [0.1, 0.15) is 0 Å². The van der Waals surface area contributed by atoms with Gasteiger partial charge in [0.05, 0.1) is 13.2 Å². The topological polar surface area (TPSA) is 66.6 Å². The van der Waals surface area contributed by atoms with Gasteiger partial charge in [-0.2, -0.15) is 0 Å². The van der Waals surface area contributed by atoms with Gasteiger partial charge in [-0.15, -0.1) is 0 Å². The number of H-pyrrole nitrogens is 1. The number of halogens is 1. The second kappa shape index (κ2) is 6.49. The van der Waals surface area contributed by atoms with Crippen LogP contribution in [0.15, 0.2) is 33.9 Å². The first-order valence-corrected chi connectivity index (χ1v) is 7.92. The van der Waals surface area contributed by atoms with Crippen molar-refractivity contribution in [3.05, 3.63) is 34.4 Å². The van der Waals surface area contributed by atoms with Crippen LogP contribution < -0.4 is 5.73 Å². The smallest absolute Gasteiger partial charge is 0.191 e. The molecule has 0 radical (unpaired) electrons. The Bertz CT molecular complexity index is 646.